The number of fused-ring (bicyclic) bond motifs is 3. The fourth-order valence-corrected chi connectivity index (χ4v) is 6.00. The Kier molecular flexibility index (Phi) is 5.77. The van der Waals surface area contributed by atoms with Gasteiger partial charge in [-0.1, -0.05) is 48.5 Å². The topological polar surface area (TPSA) is 53.7 Å². The summed E-state index contributed by atoms with van der Waals surface area (Å²) < 4.78 is 3.99. The van der Waals surface area contributed by atoms with E-state index in [0.717, 1.165) is 63.5 Å². The van der Waals surface area contributed by atoms with Crippen molar-refractivity contribution >= 4 is 62.0 Å². The van der Waals surface area contributed by atoms with E-state index < -0.39 is 0 Å². The largest absolute Gasteiger partial charge is 0.368 e. The molecule has 6 nitrogen and oxygen atoms in total. The Hall–Kier alpha value is -2.29. The summed E-state index contributed by atoms with van der Waals surface area (Å²) in [4.78, 5) is 17.1. The number of amides is 1. The SMILES string of the molecule is CCc1nnc(SCC(=O)N2CCN(c3ccccc3)CC2)c2cc3sc(Cl)cc3n12. The minimum Gasteiger partial charge on any atom is -0.368 e. The van der Waals surface area contributed by atoms with Gasteiger partial charge in [0.2, 0.25) is 5.91 Å². The molecular weight excluding hydrogens is 450 g/mol. The van der Waals surface area contributed by atoms with Crippen LogP contribution in [0, 0.1) is 0 Å². The first-order valence-corrected chi connectivity index (χ1v) is 12.5. The molecule has 160 valence electrons. The van der Waals surface area contributed by atoms with Gasteiger partial charge in [-0.3, -0.25) is 9.20 Å². The Morgan fingerprint density at radius 2 is 1.87 bits per heavy atom. The number of nitrogens with zero attached hydrogens (tertiary/aromatic N) is 5. The summed E-state index contributed by atoms with van der Waals surface area (Å²) >= 11 is 9.22. The van der Waals surface area contributed by atoms with Gasteiger partial charge in [0.25, 0.3) is 0 Å². The van der Waals surface area contributed by atoms with Crippen LogP contribution in [-0.2, 0) is 11.2 Å². The van der Waals surface area contributed by atoms with E-state index in [2.05, 4.69) is 56.8 Å². The maximum Gasteiger partial charge on any atom is 0.233 e. The highest BCUT2D eigenvalue weighted by molar-refractivity contribution is 8.00. The van der Waals surface area contributed by atoms with Gasteiger partial charge in [-0.05, 0) is 24.3 Å². The third kappa shape index (κ3) is 4.00. The molecule has 4 aromatic rings. The zero-order valence-electron chi connectivity index (χ0n) is 17.1. The average molecular weight is 472 g/mol. The quantitative estimate of drug-likeness (QED) is 0.398. The molecule has 1 fully saturated rings. The Balaban J connectivity index is 1.28. The van der Waals surface area contributed by atoms with Gasteiger partial charge in [0.05, 0.1) is 25.8 Å². The Bertz CT molecular complexity index is 1230. The predicted octanol–water partition coefficient (Wildman–Crippen LogP) is 4.60. The Morgan fingerprint density at radius 1 is 1.10 bits per heavy atom. The van der Waals surface area contributed by atoms with Crippen molar-refractivity contribution in [3.63, 3.8) is 0 Å². The van der Waals surface area contributed by atoms with Crippen molar-refractivity contribution in [2.75, 3.05) is 36.8 Å². The maximum atomic E-state index is 12.9. The Labute approximate surface area is 193 Å². The van der Waals surface area contributed by atoms with Gasteiger partial charge in [-0.25, -0.2) is 0 Å². The van der Waals surface area contributed by atoms with Gasteiger partial charge in [0.15, 0.2) is 0 Å². The number of carbonyl (C=O) groups excluding carboxylic acids is 1. The lowest BCUT2D eigenvalue weighted by Crippen LogP contribution is -2.49. The normalized spacial score (nSPS) is 14.6. The number of aromatic nitrogens is 3. The van der Waals surface area contributed by atoms with Crippen molar-refractivity contribution < 1.29 is 4.79 Å². The van der Waals surface area contributed by atoms with Crippen LogP contribution in [0.2, 0.25) is 4.34 Å². The second-order valence-corrected chi connectivity index (χ2v) is 10.1. The summed E-state index contributed by atoms with van der Waals surface area (Å²) in [5, 5.41) is 9.63. The lowest BCUT2D eigenvalue weighted by atomic mass is 10.2. The molecule has 9 heteroatoms. The van der Waals surface area contributed by atoms with Gasteiger partial charge in [0, 0.05) is 38.3 Å². The van der Waals surface area contributed by atoms with Crippen LogP contribution < -0.4 is 4.90 Å². The van der Waals surface area contributed by atoms with E-state index in [1.165, 1.54) is 17.4 Å². The number of carbonyl (C=O) groups is 1. The van der Waals surface area contributed by atoms with Gasteiger partial charge >= 0.3 is 0 Å². The molecule has 5 rings (SSSR count). The summed E-state index contributed by atoms with van der Waals surface area (Å²) in [7, 11) is 0. The second-order valence-electron chi connectivity index (χ2n) is 7.43. The molecule has 0 N–H and O–H groups in total. The average Bonchev–Trinajstić information content (AvgIpc) is 3.34. The molecule has 0 saturated carbocycles. The minimum absolute atomic E-state index is 0.147. The van der Waals surface area contributed by atoms with E-state index in [4.69, 9.17) is 11.6 Å². The molecule has 1 aliphatic rings. The highest BCUT2D eigenvalue weighted by Gasteiger charge is 2.22. The van der Waals surface area contributed by atoms with E-state index in [1.54, 1.807) is 11.3 Å². The number of hydrogen-bond acceptors (Lipinski definition) is 6. The highest BCUT2D eigenvalue weighted by Crippen LogP contribution is 2.35. The van der Waals surface area contributed by atoms with Gasteiger partial charge in [-0.2, -0.15) is 0 Å². The molecular formula is C22H22ClN5OS2. The van der Waals surface area contributed by atoms with Crippen molar-refractivity contribution in [2.24, 2.45) is 0 Å². The van der Waals surface area contributed by atoms with Crippen LogP contribution in [0.4, 0.5) is 5.69 Å². The summed E-state index contributed by atoms with van der Waals surface area (Å²) in [6.07, 6.45) is 0.774. The molecule has 0 radical (unpaired) electrons. The number of hydrogen-bond donors (Lipinski definition) is 0. The molecule has 3 aromatic heterocycles. The zero-order valence-corrected chi connectivity index (χ0v) is 19.5. The molecule has 0 atom stereocenters. The molecule has 1 aromatic carbocycles. The second kappa shape index (κ2) is 8.68. The van der Waals surface area contributed by atoms with E-state index in [1.807, 2.05) is 17.0 Å². The van der Waals surface area contributed by atoms with Gasteiger partial charge < -0.3 is 9.80 Å². The standard InChI is InChI=1S/C22H22ClN5OS2/c1-2-20-24-25-22(17-12-18-16(28(17)20)13-19(23)31-18)30-14-21(29)27-10-8-26(9-11-27)15-6-4-3-5-7-15/h3-7,12-13H,2,8-11,14H2,1H3. The van der Waals surface area contributed by atoms with Crippen LogP contribution in [0.5, 0.6) is 0 Å². The number of rotatable bonds is 5. The molecule has 1 amide bonds. The highest BCUT2D eigenvalue weighted by atomic mass is 35.5. The third-order valence-corrected chi connectivity index (χ3v) is 7.75. The number of anilines is 1. The molecule has 0 aliphatic carbocycles. The van der Waals surface area contributed by atoms with Crippen molar-refractivity contribution in [3.05, 3.63) is 52.6 Å². The maximum absolute atomic E-state index is 12.9. The van der Waals surface area contributed by atoms with E-state index in [9.17, 15) is 4.79 Å². The van der Waals surface area contributed by atoms with Gasteiger partial charge in [0.1, 0.15) is 10.9 Å². The van der Waals surface area contributed by atoms with Crippen LogP contribution in [0.1, 0.15) is 12.7 Å². The molecule has 31 heavy (non-hydrogen) atoms. The fourth-order valence-electron chi connectivity index (χ4n) is 4.00. The lowest BCUT2D eigenvalue weighted by Gasteiger charge is -2.36. The summed E-state index contributed by atoms with van der Waals surface area (Å²) in [5.74, 6) is 1.40. The van der Waals surface area contributed by atoms with Crippen LogP contribution >= 0.6 is 34.7 Å². The molecule has 0 unspecified atom stereocenters. The minimum atomic E-state index is 0.147. The zero-order chi connectivity index (χ0) is 21.4. The summed E-state index contributed by atoms with van der Waals surface area (Å²) in [6, 6.07) is 14.4. The first-order valence-electron chi connectivity index (χ1n) is 10.3. The predicted molar refractivity (Wildman–Crippen MR) is 129 cm³/mol. The first-order chi connectivity index (χ1) is 15.1. The number of thiophene rings is 1. The van der Waals surface area contributed by atoms with Crippen molar-refractivity contribution in [1.29, 1.82) is 0 Å². The summed E-state index contributed by atoms with van der Waals surface area (Å²) in [5.41, 5.74) is 3.27. The Morgan fingerprint density at radius 3 is 2.61 bits per heavy atom. The lowest BCUT2D eigenvalue weighted by molar-refractivity contribution is -0.128. The van der Waals surface area contributed by atoms with E-state index in [-0.39, 0.29) is 5.91 Å². The van der Waals surface area contributed by atoms with Gasteiger partial charge in [-0.15, -0.1) is 21.5 Å². The van der Waals surface area contributed by atoms with Crippen LogP contribution in [-0.4, -0.2) is 57.3 Å². The molecule has 4 heterocycles. The van der Waals surface area contributed by atoms with Crippen molar-refractivity contribution in [2.45, 2.75) is 18.4 Å². The van der Waals surface area contributed by atoms with Crippen LogP contribution in [0.3, 0.4) is 0 Å². The number of halogens is 1. The van der Waals surface area contributed by atoms with Crippen molar-refractivity contribution in [1.82, 2.24) is 19.5 Å². The molecule has 0 spiro atoms. The number of para-hydroxylation sites is 1. The van der Waals surface area contributed by atoms with Crippen LogP contribution in [0.25, 0.3) is 15.7 Å². The van der Waals surface area contributed by atoms with Crippen molar-refractivity contribution in [3.8, 4) is 0 Å². The number of piperazine rings is 1. The smallest absolute Gasteiger partial charge is 0.233 e. The van der Waals surface area contributed by atoms with Crippen LogP contribution in [0.15, 0.2) is 47.5 Å². The number of benzene rings is 1. The number of thioether (sulfide) groups is 1. The monoisotopic (exact) mass is 471 g/mol. The number of aryl methyl sites for hydroxylation is 1. The molecule has 1 saturated heterocycles. The third-order valence-electron chi connectivity index (χ3n) is 5.60. The first kappa shape index (κ1) is 20.6. The summed E-state index contributed by atoms with van der Waals surface area (Å²) in [6.45, 7) is 5.25. The van der Waals surface area contributed by atoms with E-state index >= 15 is 0 Å². The van der Waals surface area contributed by atoms with E-state index in [0.29, 0.717) is 5.75 Å². The fraction of sp³-hybridized carbons (Fsp3) is 0.318. The molecule has 1 aliphatic heterocycles. The molecule has 0 bridgehead atoms.